The molecule has 0 spiro atoms. The van der Waals surface area contributed by atoms with E-state index in [-0.39, 0.29) is 5.88 Å². The molecule has 22 heavy (non-hydrogen) atoms. The average molecular weight is 340 g/mol. The molecule has 0 aromatic carbocycles. The van der Waals surface area contributed by atoms with Crippen LogP contribution in [0.2, 0.25) is 0 Å². The summed E-state index contributed by atoms with van der Waals surface area (Å²) in [5, 5.41) is 19.3. The molecule has 0 aromatic heterocycles. The number of aliphatic hydroxyl groups excluding tert-OH is 2. The largest absolute Gasteiger partial charge is 0.443 e. The van der Waals surface area contributed by atoms with E-state index in [1.54, 1.807) is 41.5 Å². The summed E-state index contributed by atoms with van der Waals surface area (Å²) in [7, 11) is 0. The maximum absolute atomic E-state index is 12.1. The van der Waals surface area contributed by atoms with Gasteiger partial charge in [-0.3, -0.25) is 0 Å². The van der Waals surface area contributed by atoms with Crippen LogP contribution in [0.5, 0.6) is 0 Å². The van der Waals surface area contributed by atoms with Crippen LogP contribution in [0, 0.1) is 0 Å². The monoisotopic (exact) mass is 339 g/mol. The number of nitrogens with zero attached hydrogens (tertiary/aromatic N) is 1. The molecule has 0 unspecified atom stereocenters. The van der Waals surface area contributed by atoms with Gasteiger partial charge < -0.3 is 19.7 Å². The number of alkyl halides is 1. The number of carbonyl (C=O) groups excluding carboxylic acids is 2. The van der Waals surface area contributed by atoms with Crippen LogP contribution in [0.3, 0.4) is 0 Å². The lowest BCUT2D eigenvalue weighted by molar-refractivity contribution is -0.0234. The van der Waals surface area contributed by atoms with Gasteiger partial charge in [-0.25, -0.2) is 14.5 Å². The lowest BCUT2D eigenvalue weighted by atomic mass is 10.2. The summed E-state index contributed by atoms with van der Waals surface area (Å²) in [6.07, 6.45) is -4.63. The van der Waals surface area contributed by atoms with Crippen LogP contribution >= 0.6 is 11.6 Å². The van der Waals surface area contributed by atoms with Crippen molar-refractivity contribution in [2.75, 3.05) is 12.4 Å². The molecule has 0 bridgehead atoms. The highest BCUT2D eigenvalue weighted by Gasteiger charge is 2.34. The van der Waals surface area contributed by atoms with E-state index in [9.17, 15) is 19.8 Å². The zero-order chi connectivity index (χ0) is 17.7. The first-order valence-electron chi connectivity index (χ1n) is 6.92. The molecule has 0 aliphatic carbocycles. The molecule has 0 aliphatic heterocycles. The van der Waals surface area contributed by atoms with Gasteiger partial charge in [-0.05, 0) is 41.5 Å². The number of carbonyl (C=O) groups is 2. The molecule has 2 amide bonds. The molecule has 7 nitrogen and oxygen atoms in total. The molecule has 0 saturated carbocycles. The second-order valence-electron chi connectivity index (χ2n) is 6.86. The Morgan fingerprint density at radius 3 is 1.59 bits per heavy atom. The minimum atomic E-state index is -1.41. The Morgan fingerprint density at radius 1 is 0.955 bits per heavy atom. The fraction of sp³-hybridized carbons (Fsp3) is 0.857. The number of hydrogen-bond donors (Lipinski definition) is 2. The number of amides is 2. The Morgan fingerprint density at radius 2 is 1.32 bits per heavy atom. The molecule has 8 heteroatoms. The molecule has 0 rings (SSSR count). The number of ether oxygens (including phenoxy) is 2. The van der Waals surface area contributed by atoms with E-state index in [1.807, 2.05) is 0 Å². The predicted octanol–water partition coefficient (Wildman–Crippen LogP) is 2.12. The fourth-order valence-electron chi connectivity index (χ4n) is 1.27. The summed E-state index contributed by atoms with van der Waals surface area (Å²) in [4.78, 5) is 24.8. The van der Waals surface area contributed by atoms with E-state index in [0.717, 1.165) is 0 Å². The normalized spacial score (nSPS) is 15.0. The van der Waals surface area contributed by atoms with Crippen LogP contribution in [0.1, 0.15) is 41.5 Å². The van der Waals surface area contributed by atoms with E-state index in [4.69, 9.17) is 21.1 Å². The summed E-state index contributed by atoms with van der Waals surface area (Å²) in [5.41, 5.74) is -1.65. The maximum Gasteiger partial charge on any atom is 0.419 e. The van der Waals surface area contributed by atoms with Crippen LogP contribution in [0.25, 0.3) is 0 Å². The van der Waals surface area contributed by atoms with Crippen molar-refractivity contribution in [2.45, 2.75) is 65.0 Å². The Labute approximate surface area is 136 Å². The van der Waals surface area contributed by atoms with Gasteiger partial charge in [0.25, 0.3) is 0 Å². The summed E-state index contributed by atoms with van der Waals surface area (Å²) in [5.74, 6) is -0.238. The first-order chi connectivity index (χ1) is 9.76. The number of aliphatic hydroxyl groups is 2. The van der Waals surface area contributed by atoms with Gasteiger partial charge in [-0.1, -0.05) is 0 Å². The van der Waals surface area contributed by atoms with E-state index >= 15 is 0 Å². The van der Waals surface area contributed by atoms with Crippen molar-refractivity contribution in [1.29, 1.82) is 0 Å². The second-order valence-corrected chi connectivity index (χ2v) is 7.17. The summed E-state index contributed by atoms with van der Waals surface area (Å²) >= 11 is 5.44. The van der Waals surface area contributed by atoms with Crippen molar-refractivity contribution in [2.24, 2.45) is 0 Å². The quantitative estimate of drug-likeness (QED) is 0.761. The van der Waals surface area contributed by atoms with Gasteiger partial charge >= 0.3 is 12.2 Å². The van der Waals surface area contributed by atoms with E-state index in [1.165, 1.54) is 0 Å². The smallest absolute Gasteiger partial charge is 0.419 e. The molecule has 2 N–H and O–H groups in total. The molecule has 0 radical (unpaired) electrons. The van der Waals surface area contributed by atoms with E-state index in [2.05, 4.69) is 0 Å². The first-order valence-corrected chi connectivity index (χ1v) is 7.46. The lowest BCUT2D eigenvalue weighted by Crippen LogP contribution is -2.49. The highest BCUT2D eigenvalue weighted by molar-refractivity contribution is 6.18. The molecule has 0 aromatic rings. The topological polar surface area (TPSA) is 96.3 Å². The number of imide groups is 1. The maximum atomic E-state index is 12.1. The number of hydrogen-bond acceptors (Lipinski definition) is 6. The molecule has 0 heterocycles. The highest BCUT2D eigenvalue weighted by atomic mass is 35.5. The van der Waals surface area contributed by atoms with Crippen molar-refractivity contribution in [3.05, 3.63) is 0 Å². The fourth-order valence-corrected chi connectivity index (χ4v) is 1.47. The van der Waals surface area contributed by atoms with Crippen molar-refractivity contribution in [3.8, 4) is 0 Å². The Kier molecular flexibility index (Phi) is 7.61. The minimum Gasteiger partial charge on any atom is -0.443 e. The SMILES string of the molecule is CC(C)(C)OC(=O)N(C[C@@H](O)[C@H](O)CCl)C(=O)OC(C)(C)C. The molecular weight excluding hydrogens is 314 g/mol. The standard InChI is InChI=1S/C14H26ClNO6/c1-13(2,3)21-11(19)16(8-10(18)9(17)7-15)12(20)22-14(4,5)6/h9-10,17-18H,7-8H2,1-6H3/t9-,10-/m1/s1. The Balaban J connectivity index is 5.14. The van der Waals surface area contributed by atoms with Crippen LogP contribution in [0.4, 0.5) is 9.59 Å². The lowest BCUT2D eigenvalue weighted by Gasteiger charge is -2.30. The third-order valence-electron chi connectivity index (χ3n) is 2.20. The van der Waals surface area contributed by atoms with Gasteiger partial charge in [-0.15, -0.1) is 11.6 Å². The van der Waals surface area contributed by atoms with Crippen molar-refractivity contribution in [3.63, 3.8) is 0 Å². The molecule has 0 aliphatic rings. The zero-order valence-electron chi connectivity index (χ0n) is 13.9. The third-order valence-corrected chi connectivity index (χ3v) is 2.52. The van der Waals surface area contributed by atoms with E-state index in [0.29, 0.717) is 4.90 Å². The molecule has 2 atom stereocenters. The summed E-state index contributed by atoms with van der Waals surface area (Å²) < 4.78 is 10.2. The van der Waals surface area contributed by atoms with Crippen LogP contribution in [-0.4, -0.2) is 63.1 Å². The third kappa shape index (κ3) is 8.41. The minimum absolute atomic E-state index is 0.238. The van der Waals surface area contributed by atoms with Crippen LogP contribution in [0.15, 0.2) is 0 Å². The van der Waals surface area contributed by atoms with Gasteiger partial charge in [0.05, 0.1) is 24.6 Å². The zero-order valence-corrected chi connectivity index (χ0v) is 14.7. The Bertz CT molecular complexity index is 360. The second kappa shape index (κ2) is 7.99. The Hall–Kier alpha value is -1.05. The molecule has 130 valence electrons. The van der Waals surface area contributed by atoms with Crippen LogP contribution < -0.4 is 0 Å². The highest BCUT2D eigenvalue weighted by Crippen LogP contribution is 2.15. The molecule has 0 saturated heterocycles. The van der Waals surface area contributed by atoms with Gasteiger partial charge in [0, 0.05) is 0 Å². The predicted molar refractivity (Wildman–Crippen MR) is 81.9 cm³/mol. The van der Waals surface area contributed by atoms with Crippen molar-refractivity contribution < 1.29 is 29.3 Å². The first kappa shape index (κ1) is 20.9. The molecule has 0 fully saturated rings. The van der Waals surface area contributed by atoms with Gasteiger partial charge in [0.1, 0.15) is 11.2 Å². The van der Waals surface area contributed by atoms with E-state index < -0.39 is 42.1 Å². The number of rotatable bonds is 4. The van der Waals surface area contributed by atoms with Crippen molar-refractivity contribution in [1.82, 2.24) is 4.90 Å². The average Bonchev–Trinajstić information content (AvgIpc) is 2.29. The van der Waals surface area contributed by atoms with Gasteiger partial charge in [-0.2, -0.15) is 0 Å². The van der Waals surface area contributed by atoms with Crippen molar-refractivity contribution >= 4 is 23.8 Å². The summed E-state index contributed by atoms with van der Waals surface area (Å²) in [6, 6.07) is 0. The number of halogens is 1. The van der Waals surface area contributed by atoms with Gasteiger partial charge in [0.15, 0.2) is 0 Å². The summed E-state index contributed by atoms with van der Waals surface area (Å²) in [6.45, 7) is 9.36. The van der Waals surface area contributed by atoms with Gasteiger partial charge in [0.2, 0.25) is 0 Å². The molecular formula is C14H26ClNO6. The van der Waals surface area contributed by atoms with Crippen LogP contribution in [-0.2, 0) is 9.47 Å².